The molecule has 1 N–H and O–H groups in total. The normalized spacial score (nSPS) is 12.8. The molecule has 1 heterocycles. The van der Waals surface area contributed by atoms with Crippen molar-refractivity contribution in [2.24, 2.45) is 0 Å². The number of fused-ring (bicyclic) bond motifs is 1. The number of nitrogens with zero attached hydrogens (tertiary/aromatic N) is 1. The highest BCUT2D eigenvalue weighted by Gasteiger charge is 2.25. The molecule has 1 aliphatic rings. The Morgan fingerprint density at radius 3 is 2.74 bits per heavy atom. The first kappa shape index (κ1) is 18.4. The number of para-hydroxylation sites is 2. The van der Waals surface area contributed by atoms with Gasteiger partial charge in [0.2, 0.25) is 5.91 Å². The molecule has 2 aromatic carbocycles. The minimum Gasteiger partial charge on any atom is -0.482 e. The first-order valence-electron chi connectivity index (χ1n) is 8.50. The summed E-state index contributed by atoms with van der Waals surface area (Å²) in [4.78, 5) is 37.6. The van der Waals surface area contributed by atoms with Crippen molar-refractivity contribution in [3.05, 3.63) is 53.6 Å². The van der Waals surface area contributed by atoms with E-state index in [0.717, 1.165) is 5.56 Å². The Bertz CT molecular complexity index is 894. The molecule has 2 aromatic rings. The molecule has 0 saturated carbocycles. The maximum atomic E-state index is 12.3. The second-order valence-electron chi connectivity index (χ2n) is 6.12. The van der Waals surface area contributed by atoms with E-state index in [1.807, 2.05) is 12.1 Å². The number of carbonyl (C=O) groups excluding carboxylic acids is 3. The number of methoxy groups -OCH3 is 1. The van der Waals surface area contributed by atoms with Crippen LogP contribution in [0.25, 0.3) is 0 Å². The molecule has 3 rings (SSSR count). The van der Waals surface area contributed by atoms with E-state index in [1.165, 1.54) is 7.11 Å². The van der Waals surface area contributed by atoms with Crippen LogP contribution >= 0.6 is 0 Å². The van der Waals surface area contributed by atoms with Gasteiger partial charge in [-0.05, 0) is 42.8 Å². The van der Waals surface area contributed by atoms with Crippen LogP contribution < -0.4 is 15.0 Å². The minimum atomic E-state index is -0.430. The van der Waals surface area contributed by atoms with E-state index in [1.54, 1.807) is 42.2 Å². The zero-order valence-corrected chi connectivity index (χ0v) is 15.2. The molecule has 0 atom stereocenters. The van der Waals surface area contributed by atoms with Crippen molar-refractivity contribution >= 4 is 29.2 Å². The van der Waals surface area contributed by atoms with Gasteiger partial charge in [0, 0.05) is 18.7 Å². The lowest BCUT2D eigenvalue weighted by molar-refractivity contribution is -0.121. The van der Waals surface area contributed by atoms with Crippen LogP contribution in [0.15, 0.2) is 42.5 Å². The van der Waals surface area contributed by atoms with E-state index in [9.17, 15) is 14.4 Å². The van der Waals surface area contributed by atoms with Crippen molar-refractivity contribution in [3.8, 4) is 5.75 Å². The Hall–Kier alpha value is -3.35. The lowest BCUT2D eigenvalue weighted by atomic mass is 10.1. The van der Waals surface area contributed by atoms with Gasteiger partial charge in [0.15, 0.2) is 6.61 Å². The molecule has 0 aliphatic carbocycles. The monoisotopic (exact) mass is 368 g/mol. The standard InChI is InChI=1S/C20H20N2O5/c1-13-11-14(20(25)26-2)7-8-15(13)21-18(23)9-10-22-16-5-3-4-6-17(16)27-12-19(22)24/h3-8,11H,9-10,12H2,1-2H3,(H,21,23). The molecule has 0 spiro atoms. The smallest absolute Gasteiger partial charge is 0.337 e. The van der Waals surface area contributed by atoms with Gasteiger partial charge in [0.05, 0.1) is 18.4 Å². The third-order valence-electron chi connectivity index (χ3n) is 4.29. The van der Waals surface area contributed by atoms with Crippen molar-refractivity contribution in [3.63, 3.8) is 0 Å². The molecule has 1 aliphatic heterocycles. The third kappa shape index (κ3) is 4.08. The number of hydrogen-bond donors (Lipinski definition) is 1. The summed E-state index contributed by atoms with van der Waals surface area (Å²) in [7, 11) is 1.32. The highest BCUT2D eigenvalue weighted by Crippen LogP contribution is 2.31. The summed E-state index contributed by atoms with van der Waals surface area (Å²) in [6.45, 7) is 2.01. The lowest BCUT2D eigenvalue weighted by Crippen LogP contribution is -2.40. The van der Waals surface area contributed by atoms with Crippen molar-refractivity contribution in [1.82, 2.24) is 0 Å². The predicted octanol–water partition coefficient (Wildman–Crippen LogP) is 2.54. The fourth-order valence-corrected chi connectivity index (χ4v) is 2.87. The molecule has 0 fully saturated rings. The van der Waals surface area contributed by atoms with E-state index >= 15 is 0 Å². The number of nitrogens with one attached hydrogen (secondary N) is 1. The number of amides is 2. The van der Waals surface area contributed by atoms with Crippen LogP contribution in [-0.2, 0) is 14.3 Å². The van der Waals surface area contributed by atoms with Gasteiger partial charge in [0.25, 0.3) is 5.91 Å². The molecule has 2 amide bonds. The van der Waals surface area contributed by atoms with Gasteiger partial charge >= 0.3 is 5.97 Å². The maximum Gasteiger partial charge on any atom is 0.337 e. The lowest BCUT2D eigenvalue weighted by Gasteiger charge is -2.29. The number of carbonyl (C=O) groups is 3. The highest BCUT2D eigenvalue weighted by molar-refractivity contribution is 5.99. The van der Waals surface area contributed by atoms with Gasteiger partial charge in [-0.2, -0.15) is 0 Å². The summed E-state index contributed by atoms with van der Waals surface area (Å²) >= 11 is 0. The molecule has 7 heteroatoms. The van der Waals surface area contributed by atoms with Crippen LogP contribution in [0, 0.1) is 6.92 Å². The summed E-state index contributed by atoms with van der Waals surface area (Å²) in [6.07, 6.45) is 0.137. The number of anilines is 2. The Labute approximate surface area is 156 Å². The number of rotatable bonds is 5. The Morgan fingerprint density at radius 1 is 1.22 bits per heavy atom. The fourth-order valence-electron chi connectivity index (χ4n) is 2.87. The molecule has 140 valence electrons. The van der Waals surface area contributed by atoms with Crippen molar-refractivity contribution < 1.29 is 23.9 Å². The summed E-state index contributed by atoms with van der Waals surface area (Å²) in [5.41, 5.74) is 2.45. The third-order valence-corrected chi connectivity index (χ3v) is 4.29. The van der Waals surface area contributed by atoms with Gasteiger partial charge < -0.3 is 19.7 Å². The molecule has 0 unspecified atom stereocenters. The Kier molecular flexibility index (Phi) is 5.40. The van der Waals surface area contributed by atoms with E-state index in [4.69, 9.17) is 4.74 Å². The Morgan fingerprint density at radius 2 is 2.00 bits per heavy atom. The molecule has 0 bridgehead atoms. The maximum absolute atomic E-state index is 12.3. The van der Waals surface area contributed by atoms with Gasteiger partial charge in [-0.1, -0.05) is 12.1 Å². The molecule has 0 aromatic heterocycles. The average molecular weight is 368 g/mol. The predicted molar refractivity (Wildman–Crippen MR) is 100 cm³/mol. The summed E-state index contributed by atoms with van der Waals surface area (Å²) in [5, 5.41) is 2.81. The van der Waals surface area contributed by atoms with Gasteiger partial charge in [-0.3, -0.25) is 9.59 Å². The average Bonchev–Trinajstić information content (AvgIpc) is 2.68. The number of esters is 1. The second-order valence-corrected chi connectivity index (χ2v) is 6.12. The molecular formula is C20H20N2O5. The zero-order valence-electron chi connectivity index (χ0n) is 15.2. The molecule has 0 radical (unpaired) electrons. The molecule has 0 saturated heterocycles. The van der Waals surface area contributed by atoms with Crippen LogP contribution in [0.1, 0.15) is 22.3 Å². The zero-order chi connectivity index (χ0) is 19.4. The van der Waals surface area contributed by atoms with Crippen LogP contribution in [0.2, 0.25) is 0 Å². The number of ether oxygens (including phenoxy) is 2. The quantitative estimate of drug-likeness (QED) is 0.820. The van der Waals surface area contributed by atoms with Gasteiger partial charge in [-0.15, -0.1) is 0 Å². The van der Waals surface area contributed by atoms with Crippen molar-refractivity contribution in [1.29, 1.82) is 0 Å². The minimum absolute atomic E-state index is 0.0350. The van der Waals surface area contributed by atoms with Gasteiger partial charge in [-0.25, -0.2) is 4.79 Å². The van der Waals surface area contributed by atoms with E-state index in [-0.39, 0.29) is 31.4 Å². The first-order chi connectivity index (χ1) is 13.0. The van der Waals surface area contributed by atoms with Crippen LogP contribution in [0.4, 0.5) is 11.4 Å². The SMILES string of the molecule is COC(=O)c1ccc(NC(=O)CCN2C(=O)COc3ccccc32)c(C)c1. The van der Waals surface area contributed by atoms with E-state index < -0.39 is 5.97 Å². The van der Waals surface area contributed by atoms with E-state index in [2.05, 4.69) is 10.1 Å². The summed E-state index contributed by atoms with van der Waals surface area (Å²) in [6, 6.07) is 12.1. The summed E-state index contributed by atoms with van der Waals surface area (Å²) < 4.78 is 10.1. The van der Waals surface area contributed by atoms with Crippen LogP contribution in [-0.4, -0.2) is 38.0 Å². The Balaban J connectivity index is 1.64. The molecule has 27 heavy (non-hydrogen) atoms. The highest BCUT2D eigenvalue weighted by atomic mass is 16.5. The number of aryl methyl sites for hydroxylation is 1. The largest absolute Gasteiger partial charge is 0.482 e. The van der Waals surface area contributed by atoms with Crippen LogP contribution in [0.5, 0.6) is 5.75 Å². The first-order valence-corrected chi connectivity index (χ1v) is 8.50. The van der Waals surface area contributed by atoms with E-state index in [0.29, 0.717) is 22.7 Å². The van der Waals surface area contributed by atoms with Crippen molar-refractivity contribution in [2.75, 3.05) is 30.5 Å². The fraction of sp³-hybridized carbons (Fsp3) is 0.250. The second kappa shape index (κ2) is 7.90. The van der Waals surface area contributed by atoms with Crippen molar-refractivity contribution in [2.45, 2.75) is 13.3 Å². The van der Waals surface area contributed by atoms with Gasteiger partial charge in [0.1, 0.15) is 5.75 Å². The molecule has 7 nitrogen and oxygen atoms in total. The topological polar surface area (TPSA) is 84.9 Å². The van der Waals surface area contributed by atoms with Crippen LogP contribution in [0.3, 0.4) is 0 Å². The molecular weight excluding hydrogens is 348 g/mol. The number of benzene rings is 2. The summed E-state index contributed by atoms with van der Waals surface area (Å²) in [5.74, 6) is -0.201. The number of hydrogen-bond acceptors (Lipinski definition) is 5.